The zero-order valence-electron chi connectivity index (χ0n) is 17.6. The minimum Gasteiger partial charge on any atom is -0.485 e. The predicted octanol–water partition coefficient (Wildman–Crippen LogP) is 3.98. The molecule has 1 aliphatic heterocycles. The van der Waals surface area contributed by atoms with Crippen LogP contribution in [-0.2, 0) is 11.2 Å². The van der Waals surface area contributed by atoms with Crippen molar-refractivity contribution in [2.75, 3.05) is 38.7 Å². The molecule has 0 aliphatic carbocycles. The van der Waals surface area contributed by atoms with Crippen LogP contribution in [0.5, 0.6) is 11.5 Å². The summed E-state index contributed by atoms with van der Waals surface area (Å²) in [6.07, 6.45) is 1.14. The number of aromatic nitrogens is 1. The Kier molecular flexibility index (Phi) is 6.20. The first-order valence-corrected chi connectivity index (χ1v) is 11.1. The Bertz CT molecular complexity index is 1030. The van der Waals surface area contributed by atoms with E-state index in [4.69, 9.17) is 14.5 Å². The van der Waals surface area contributed by atoms with E-state index in [0.717, 1.165) is 29.6 Å². The van der Waals surface area contributed by atoms with Crippen molar-refractivity contribution in [3.05, 3.63) is 48.0 Å². The van der Waals surface area contributed by atoms with Crippen molar-refractivity contribution in [1.82, 2.24) is 9.88 Å². The highest BCUT2D eigenvalue weighted by Gasteiger charge is 2.33. The Morgan fingerprint density at radius 2 is 1.97 bits per heavy atom. The van der Waals surface area contributed by atoms with Crippen molar-refractivity contribution in [2.45, 2.75) is 25.9 Å². The van der Waals surface area contributed by atoms with Crippen LogP contribution in [0.3, 0.4) is 0 Å². The van der Waals surface area contributed by atoms with Gasteiger partial charge in [0.1, 0.15) is 6.61 Å². The SMILES string of the molecule is CCc1ccc2nc(N(CCCN(C)C)C(=O)[C@@H]3COc4ccccc4O3)sc2c1. The van der Waals surface area contributed by atoms with E-state index in [1.165, 1.54) is 5.56 Å². The lowest BCUT2D eigenvalue weighted by molar-refractivity contribution is -0.127. The fourth-order valence-corrected chi connectivity index (χ4v) is 4.51. The third kappa shape index (κ3) is 4.42. The van der Waals surface area contributed by atoms with Gasteiger partial charge in [0.25, 0.3) is 5.91 Å². The van der Waals surface area contributed by atoms with Crippen LogP contribution in [-0.4, -0.2) is 55.7 Å². The standard InChI is InChI=1S/C23H27N3O3S/c1-4-16-10-11-17-21(14-16)30-23(24-17)26(13-7-12-25(2)3)22(27)20-15-28-18-8-5-6-9-19(18)29-20/h5-6,8-11,14,20H,4,7,12-13,15H2,1-3H3/t20-/m0/s1. The zero-order chi connectivity index (χ0) is 21.1. The summed E-state index contributed by atoms with van der Waals surface area (Å²) in [7, 11) is 4.07. The Balaban J connectivity index is 1.60. The molecule has 1 amide bonds. The molecular weight excluding hydrogens is 398 g/mol. The van der Waals surface area contributed by atoms with Crippen LogP contribution < -0.4 is 14.4 Å². The maximum absolute atomic E-state index is 13.5. The topological polar surface area (TPSA) is 54.9 Å². The molecular formula is C23H27N3O3S. The largest absolute Gasteiger partial charge is 0.485 e. The molecule has 0 unspecified atom stereocenters. The van der Waals surface area contributed by atoms with Crippen molar-refractivity contribution in [1.29, 1.82) is 0 Å². The van der Waals surface area contributed by atoms with Gasteiger partial charge >= 0.3 is 0 Å². The molecule has 30 heavy (non-hydrogen) atoms. The second-order valence-electron chi connectivity index (χ2n) is 7.66. The minimum atomic E-state index is -0.683. The smallest absolute Gasteiger partial charge is 0.273 e. The lowest BCUT2D eigenvalue weighted by atomic mass is 10.2. The summed E-state index contributed by atoms with van der Waals surface area (Å²) >= 11 is 1.56. The highest BCUT2D eigenvalue weighted by Crippen LogP contribution is 2.34. The fourth-order valence-electron chi connectivity index (χ4n) is 3.45. The molecule has 0 N–H and O–H groups in total. The Labute approximate surface area is 181 Å². The number of hydrogen-bond acceptors (Lipinski definition) is 6. The number of fused-ring (bicyclic) bond motifs is 2. The van der Waals surface area contributed by atoms with Gasteiger partial charge in [0.15, 0.2) is 16.6 Å². The number of carbonyl (C=O) groups is 1. The van der Waals surface area contributed by atoms with Crippen LogP contribution in [0.15, 0.2) is 42.5 Å². The number of carbonyl (C=O) groups excluding carboxylic acids is 1. The minimum absolute atomic E-state index is 0.113. The molecule has 0 spiro atoms. The van der Waals surface area contributed by atoms with Gasteiger partial charge in [-0.15, -0.1) is 0 Å². The monoisotopic (exact) mass is 425 g/mol. The molecule has 0 fully saturated rings. The van der Waals surface area contributed by atoms with Crippen molar-refractivity contribution in [2.24, 2.45) is 0 Å². The normalized spacial score (nSPS) is 15.5. The van der Waals surface area contributed by atoms with Crippen molar-refractivity contribution in [3.8, 4) is 11.5 Å². The van der Waals surface area contributed by atoms with Crippen LogP contribution in [0.4, 0.5) is 5.13 Å². The highest BCUT2D eigenvalue weighted by atomic mass is 32.1. The number of nitrogens with zero attached hydrogens (tertiary/aromatic N) is 3. The summed E-state index contributed by atoms with van der Waals surface area (Å²) in [5.74, 6) is 1.16. The van der Waals surface area contributed by atoms with Gasteiger partial charge in [0.2, 0.25) is 6.10 Å². The van der Waals surface area contributed by atoms with E-state index in [9.17, 15) is 4.79 Å². The summed E-state index contributed by atoms with van der Waals surface area (Å²) < 4.78 is 12.9. The average molecular weight is 426 g/mol. The van der Waals surface area contributed by atoms with E-state index in [0.29, 0.717) is 23.2 Å². The number of amides is 1. The molecule has 1 aliphatic rings. The molecule has 3 aromatic rings. The molecule has 4 rings (SSSR count). The lowest BCUT2D eigenvalue weighted by Crippen LogP contribution is -2.47. The van der Waals surface area contributed by atoms with Gasteiger partial charge in [0.05, 0.1) is 10.2 Å². The van der Waals surface area contributed by atoms with Crippen LogP contribution in [0.25, 0.3) is 10.2 Å². The van der Waals surface area contributed by atoms with Crippen LogP contribution in [0.2, 0.25) is 0 Å². The summed E-state index contributed by atoms with van der Waals surface area (Å²) in [6.45, 7) is 3.81. The summed E-state index contributed by atoms with van der Waals surface area (Å²) in [6, 6.07) is 13.7. The number of aryl methyl sites for hydroxylation is 1. The third-order valence-corrected chi connectivity index (χ3v) is 6.16. The molecule has 2 heterocycles. The van der Waals surface area contributed by atoms with E-state index >= 15 is 0 Å². The van der Waals surface area contributed by atoms with Gasteiger partial charge in [-0.1, -0.05) is 36.5 Å². The first-order valence-electron chi connectivity index (χ1n) is 10.3. The summed E-state index contributed by atoms with van der Waals surface area (Å²) in [5.41, 5.74) is 2.19. The molecule has 158 valence electrons. The molecule has 0 bridgehead atoms. The molecule has 6 nitrogen and oxygen atoms in total. The Hall–Kier alpha value is -2.64. The number of rotatable bonds is 7. The van der Waals surface area contributed by atoms with E-state index in [-0.39, 0.29) is 12.5 Å². The molecule has 2 aromatic carbocycles. The van der Waals surface area contributed by atoms with Gasteiger partial charge < -0.3 is 14.4 Å². The summed E-state index contributed by atoms with van der Waals surface area (Å²) in [4.78, 5) is 22.1. The maximum atomic E-state index is 13.5. The Morgan fingerprint density at radius 1 is 1.17 bits per heavy atom. The number of anilines is 1. The van der Waals surface area contributed by atoms with E-state index in [1.807, 2.05) is 44.4 Å². The first-order chi connectivity index (χ1) is 14.5. The van der Waals surface area contributed by atoms with Gasteiger partial charge in [-0.05, 0) is 63.3 Å². The van der Waals surface area contributed by atoms with Gasteiger partial charge in [-0.2, -0.15) is 0 Å². The second kappa shape index (κ2) is 9.02. The number of hydrogen-bond donors (Lipinski definition) is 0. The van der Waals surface area contributed by atoms with E-state index < -0.39 is 6.10 Å². The van der Waals surface area contributed by atoms with Gasteiger partial charge in [0, 0.05) is 6.54 Å². The Morgan fingerprint density at radius 3 is 2.73 bits per heavy atom. The van der Waals surface area contributed by atoms with Crippen molar-refractivity contribution in [3.63, 3.8) is 0 Å². The quantitative estimate of drug-likeness (QED) is 0.573. The molecule has 0 radical (unpaired) electrons. The highest BCUT2D eigenvalue weighted by molar-refractivity contribution is 7.22. The summed E-state index contributed by atoms with van der Waals surface area (Å²) in [5, 5.41) is 0.712. The molecule has 1 atom stereocenters. The number of thiazole rings is 1. The first kappa shape index (κ1) is 20.6. The molecule has 1 aromatic heterocycles. The second-order valence-corrected chi connectivity index (χ2v) is 8.67. The average Bonchev–Trinajstić information content (AvgIpc) is 3.18. The fraction of sp³-hybridized carbons (Fsp3) is 0.391. The predicted molar refractivity (Wildman–Crippen MR) is 121 cm³/mol. The lowest BCUT2D eigenvalue weighted by Gasteiger charge is -2.29. The van der Waals surface area contributed by atoms with Crippen molar-refractivity contribution >= 4 is 32.6 Å². The van der Waals surface area contributed by atoms with Crippen molar-refractivity contribution < 1.29 is 14.3 Å². The zero-order valence-corrected chi connectivity index (χ0v) is 18.4. The van der Waals surface area contributed by atoms with Crippen LogP contribution in [0, 0.1) is 0 Å². The molecule has 0 saturated heterocycles. The number of ether oxygens (including phenoxy) is 2. The maximum Gasteiger partial charge on any atom is 0.273 e. The van der Waals surface area contributed by atoms with Gasteiger partial charge in [-0.25, -0.2) is 4.98 Å². The van der Waals surface area contributed by atoms with E-state index in [2.05, 4.69) is 24.0 Å². The molecule has 0 saturated carbocycles. The van der Waals surface area contributed by atoms with Crippen LogP contribution in [0.1, 0.15) is 18.9 Å². The third-order valence-electron chi connectivity index (χ3n) is 5.12. The molecule has 7 heteroatoms. The van der Waals surface area contributed by atoms with Gasteiger partial charge in [-0.3, -0.25) is 9.69 Å². The number of benzene rings is 2. The number of para-hydroxylation sites is 2. The van der Waals surface area contributed by atoms with E-state index in [1.54, 1.807) is 16.2 Å². The van der Waals surface area contributed by atoms with Crippen LogP contribution >= 0.6 is 11.3 Å².